The predicted molar refractivity (Wildman–Crippen MR) is 121 cm³/mol. The number of benzene rings is 1. The Morgan fingerprint density at radius 3 is 2.77 bits per heavy atom. The lowest BCUT2D eigenvalue weighted by molar-refractivity contribution is -0.129. The third-order valence-electron chi connectivity index (χ3n) is 6.14. The monoisotopic (exact) mass is 425 g/mol. The normalized spacial score (nSPS) is 17.7. The third-order valence-corrected chi connectivity index (χ3v) is 6.57. The van der Waals surface area contributed by atoms with E-state index in [-0.39, 0.29) is 5.91 Å². The van der Waals surface area contributed by atoms with E-state index < -0.39 is 0 Å². The fourth-order valence-electron chi connectivity index (χ4n) is 4.52. The summed E-state index contributed by atoms with van der Waals surface area (Å²) in [5, 5.41) is 5.82. The number of fused-ring (bicyclic) bond motifs is 1. The van der Waals surface area contributed by atoms with Gasteiger partial charge in [0.2, 0.25) is 5.91 Å². The zero-order valence-electron chi connectivity index (χ0n) is 17.7. The molecular weight excluding hydrogens is 398 g/mol. The summed E-state index contributed by atoms with van der Waals surface area (Å²) < 4.78 is 7.78. The second-order valence-corrected chi connectivity index (χ2v) is 8.27. The molecule has 0 saturated carbocycles. The quantitative estimate of drug-likeness (QED) is 0.688. The van der Waals surface area contributed by atoms with Crippen molar-refractivity contribution in [1.29, 1.82) is 0 Å². The van der Waals surface area contributed by atoms with Crippen LogP contribution < -0.4 is 0 Å². The molecule has 2 aromatic rings. The molecule has 5 nitrogen and oxygen atoms in total. The fourth-order valence-corrected chi connectivity index (χ4v) is 4.68. The highest BCUT2D eigenvalue weighted by molar-refractivity contribution is 6.49. The molecule has 158 valence electrons. The molecular formula is C24H28ClN3O2. The number of halogens is 1. The molecule has 0 bridgehead atoms. The number of nitrogens with zero attached hydrogens (tertiary/aromatic N) is 3. The molecule has 3 heterocycles. The van der Waals surface area contributed by atoms with Gasteiger partial charge >= 0.3 is 0 Å². The minimum atomic E-state index is 0.0973. The lowest BCUT2D eigenvalue weighted by Crippen LogP contribution is -2.35. The number of hydrogen-bond acceptors (Lipinski definition) is 3. The van der Waals surface area contributed by atoms with Crippen LogP contribution >= 0.6 is 11.6 Å². The number of aromatic nitrogens is 2. The Kier molecular flexibility index (Phi) is 6.11. The molecule has 0 aliphatic carbocycles. The second-order valence-electron chi connectivity index (χ2n) is 7.86. The fraction of sp³-hybridized carbons (Fsp3) is 0.417. The second kappa shape index (κ2) is 8.78. The maximum Gasteiger partial charge on any atom is 0.219 e. The van der Waals surface area contributed by atoms with Crippen LogP contribution in [0.4, 0.5) is 0 Å². The van der Waals surface area contributed by atoms with Gasteiger partial charge in [-0.2, -0.15) is 5.10 Å². The van der Waals surface area contributed by atoms with Crippen molar-refractivity contribution >= 4 is 28.6 Å². The molecule has 30 heavy (non-hydrogen) atoms. The zero-order chi connectivity index (χ0) is 21.3. The number of rotatable bonds is 4. The van der Waals surface area contributed by atoms with Crippen molar-refractivity contribution in [3.05, 3.63) is 53.2 Å². The maximum absolute atomic E-state index is 12.1. The highest BCUT2D eigenvalue weighted by Gasteiger charge is 2.30. The number of allylic oxidation sites excluding steroid dienone is 1. The Balaban J connectivity index is 1.89. The number of hydrogen-bond donors (Lipinski definition) is 0. The van der Waals surface area contributed by atoms with Gasteiger partial charge in [-0.05, 0) is 25.3 Å². The standard InChI is InChI=1S/C24H28ClN3O2/c1-4-18-19(22(25)5-2)7-6-8-20(18)24-21-15-27(16(3)29)12-9-23(21)28(26-24)17-10-13-30-14-11-17/h4-8,17H,1,9-15H2,2-3H3/b22-5+. The van der Waals surface area contributed by atoms with E-state index in [1.54, 1.807) is 6.92 Å². The smallest absolute Gasteiger partial charge is 0.219 e. The SMILES string of the molecule is C=Cc1c(/C(Cl)=C\C)cccc1-c1nn(C2CCOCC2)c2c1CN(C(C)=O)CC2. The first-order chi connectivity index (χ1) is 14.5. The molecule has 0 atom stereocenters. The third kappa shape index (κ3) is 3.72. The summed E-state index contributed by atoms with van der Waals surface area (Å²) in [5.41, 5.74) is 6.24. The van der Waals surface area contributed by atoms with E-state index in [0.29, 0.717) is 17.6 Å². The van der Waals surface area contributed by atoms with Gasteiger partial charge in [-0.25, -0.2) is 0 Å². The Hall–Kier alpha value is -2.37. The predicted octanol–water partition coefficient (Wildman–Crippen LogP) is 5.05. The van der Waals surface area contributed by atoms with E-state index in [4.69, 9.17) is 21.4 Å². The average molecular weight is 426 g/mol. The van der Waals surface area contributed by atoms with Crippen LogP contribution in [0.2, 0.25) is 0 Å². The maximum atomic E-state index is 12.1. The molecule has 0 unspecified atom stereocenters. The summed E-state index contributed by atoms with van der Waals surface area (Å²) in [6.07, 6.45) is 6.48. The van der Waals surface area contributed by atoms with E-state index in [1.807, 2.05) is 36.1 Å². The molecule has 1 aromatic heterocycles. The van der Waals surface area contributed by atoms with Gasteiger partial charge in [0.05, 0.1) is 11.7 Å². The highest BCUT2D eigenvalue weighted by Crippen LogP contribution is 2.38. The summed E-state index contributed by atoms with van der Waals surface area (Å²) in [6.45, 7) is 10.4. The van der Waals surface area contributed by atoms with Crippen molar-refractivity contribution in [2.45, 2.75) is 45.7 Å². The Labute approximate surface area is 183 Å². The van der Waals surface area contributed by atoms with Crippen LogP contribution in [-0.2, 0) is 22.5 Å². The summed E-state index contributed by atoms with van der Waals surface area (Å²) >= 11 is 6.49. The molecule has 4 rings (SSSR count). The van der Waals surface area contributed by atoms with Crippen LogP contribution in [0.25, 0.3) is 22.4 Å². The van der Waals surface area contributed by atoms with Crippen molar-refractivity contribution in [2.24, 2.45) is 0 Å². The molecule has 2 aliphatic rings. The van der Waals surface area contributed by atoms with Crippen molar-refractivity contribution in [1.82, 2.24) is 14.7 Å². The van der Waals surface area contributed by atoms with Crippen LogP contribution in [0.3, 0.4) is 0 Å². The molecule has 0 spiro atoms. The van der Waals surface area contributed by atoms with Crippen LogP contribution in [0.15, 0.2) is 30.9 Å². The number of amides is 1. The molecule has 6 heteroatoms. The van der Waals surface area contributed by atoms with Gasteiger partial charge < -0.3 is 9.64 Å². The van der Waals surface area contributed by atoms with Crippen molar-refractivity contribution < 1.29 is 9.53 Å². The van der Waals surface area contributed by atoms with E-state index in [0.717, 1.165) is 67.0 Å². The zero-order valence-corrected chi connectivity index (χ0v) is 18.4. The molecule has 1 fully saturated rings. The minimum absolute atomic E-state index is 0.0973. The minimum Gasteiger partial charge on any atom is -0.381 e. The average Bonchev–Trinajstić information content (AvgIpc) is 3.17. The first-order valence-corrected chi connectivity index (χ1v) is 10.9. The van der Waals surface area contributed by atoms with Gasteiger partial charge in [-0.1, -0.05) is 48.5 Å². The van der Waals surface area contributed by atoms with Crippen LogP contribution in [0, 0.1) is 0 Å². The van der Waals surface area contributed by atoms with E-state index in [9.17, 15) is 4.79 Å². The Morgan fingerprint density at radius 2 is 2.10 bits per heavy atom. The topological polar surface area (TPSA) is 47.4 Å². The Morgan fingerprint density at radius 1 is 1.33 bits per heavy atom. The molecule has 2 aliphatic heterocycles. The summed E-state index contributed by atoms with van der Waals surface area (Å²) in [6, 6.07) is 6.42. The number of ether oxygens (including phenoxy) is 1. The lowest BCUT2D eigenvalue weighted by Gasteiger charge is -2.29. The summed E-state index contributed by atoms with van der Waals surface area (Å²) in [4.78, 5) is 14.0. The van der Waals surface area contributed by atoms with Crippen molar-refractivity contribution in [3.63, 3.8) is 0 Å². The van der Waals surface area contributed by atoms with E-state index in [2.05, 4.69) is 17.3 Å². The van der Waals surface area contributed by atoms with Gasteiger partial charge in [0.15, 0.2) is 0 Å². The Bertz CT molecular complexity index is 1000. The molecule has 1 aromatic carbocycles. The number of carbonyl (C=O) groups is 1. The van der Waals surface area contributed by atoms with E-state index >= 15 is 0 Å². The van der Waals surface area contributed by atoms with Gasteiger partial charge in [0.25, 0.3) is 0 Å². The highest BCUT2D eigenvalue weighted by atomic mass is 35.5. The molecule has 0 N–H and O–H groups in total. The van der Waals surface area contributed by atoms with Gasteiger partial charge in [-0.15, -0.1) is 0 Å². The van der Waals surface area contributed by atoms with Crippen molar-refractivity contribution in [2.75, 3.05) is 19.8 Å². The molecule has 1 saturated heterocycles. The van der Waals surface area contributed by atoms with E-state index in [1.165, 1.54) is 5.69 Å². The first-order valence-electron chi connectivity index (χ1n) is 10.6. The van der Waals surface area contributed by atoms with Crippen LogP contribution in [0.1, 0.15) is 55.1 Å². The van der Waals surface area contributed by atoms with Gasteiger partial charge in [0, 0.05) is 67.1 Å². The lowest BCUT2D eigenvalue weighted by atomic mass is 9.94. The van der Waals surface area contributed by atoms with Crippen molar-refractivity contribution in [3.8, 4) is 11.3 Å². The molecule has 1 amide bonds. The first kappa shape index (κ1) is 20.9. The van der Waals surface area contributed by atoms with Crippen LogP contribution in [-0.4, -0.2) is 40.3 Å². The number of carbonyl (C=O) groups excluding carboxylic acids is 1. The summed E-state index contributed by atoms with van der Waals surface area (Å²) in [5.74, 6) is 0.0973. The largest absolute Gasteiger partial charge is 0.381 e. The van der Waals surface area contributed by atoms with Crippen LogP contribution in [0.5, 0.6) is 0 Å². The van der Waals surface area contributed by atoms with Gasteiger partial charge in [-0.3, -0.25) is 9.48 Å². The summed E-state index contributed by atoms with van der Waals surface area (Å²) in [7, 11) is 0. The van der Waals surface area contributed by atoms with Gasteiger partial charge in [0.1, 0.15) is 0 Å². The molecule has 0 radical (unpaired) electrons.